The first-order valence-corrected chi connectivity index (χ1v) is 4.58. The zero-order chi connectivity index (χ0) is 10.3. The molecule has 0 aliphatic rings. The molecule has 13 heavy (non-hydrogen) atoms. The number of aliphatic hydroxyl groups is 2. The fourth-order valence-electron chi connectivity index (χ4n) is 0.924. The number of ether oxygens (including phenoxy) is 2. The lowest BCUT2D eigenvalue weighted by Crippen LogP contribution is -2.30. The Morgan fingerprint density at radius 3 is 2.38 bits per heavy atom. The van der Waals surface area contributed by atoms with Crippen molar-refractivity contribution in [1.29, 1.82) is 0 Å². The molecule has 0 unspecified atom stereocenters. The molecule has 0 fully saturated rings. The molecule has 0 aliphatic heterocycles. The fourth-order valence-corrected chi connectivity index (χ4v) is 0.924. The predicted molar refractivity (Wildman–Crippen MR) is 49.3 cm³/mol. The van der Waals surface area contributed by atoms with Gasteiger partial charge in [0.1, 0.15) is 6.79 Å². The van der Waals surface area contributed by atoms with Crippen LogP contribution < -0.4 is 0 Å². The lowest BCUT2D eigenvalue weighted by atomic mass is 10.1. The van der Waals surface area contributed by atoms with Crippen LogP contribution in [0.15, 0.2) is 0 Å². The number of hydrogen-bond acceptors (Lipinski definition) is 4. The summed E-state index contributed by atoms with van der Waals surface area (Å²) in [6.07, 6.45) is -0.398. The summed E-state index contributed by atoms with van der Waals surface area (Å²) in [5.74, 6) is 0. The maximum absolute atomic E-state index is 9.51. The van der Waals surface area contributed by atoms with Crippen LogP contribution in [0.2, 0.25) is 0 Å². The van der Waals surface area contributed by atoms with Gasteiger partial charge >= 0.3 is 0 Å². The van der Waals surface area contributed by atoms with Crippen molar-refractivity contribution >= 4 is 0 Å². The van der Waals surface area contributed by atoms with Crippen LogP contribution in [-0.4, -0.2) is 42.4 Å². The van der Waals surface area contributed by atoms with Gasteiger partial charge in [-0.3, -0.25) is 0 Å². The molecule has 3 atom stereocenters. The molecule has 4 heteroatoms. The minimum atomic E-state index is -0.634. The molecule has 0 saturated heterocycles. The Balaban J connectivity index is 3.61. The molecule has 0 aliphatic carbocycles. The molecule has 0 amide bonds. The van der Waals surface area contributed by atoms with Gasteiger partial charge in [0.15, 0.2) is 0 Å². The molecule has 0 spiro atoms. The summed E-state index contributed by atoms with van der Waals surface area (Å²) in [5.41, 5.74) is 0. The number of methoxy groups -OCH3 is 1. The molecule has 0 bridgehead atoms. The molecule has 4 nitrogen and oxygen atoms in total. The average Bonchev–Trinajstić information content (AvgIpc) is 2.13. The normalized spacial score (nSPS) is 18.2. The quantitative estimate of drug-likeness (QED) is 0.577. The van der Waals surface area contributed by atoms with Crippen LogP contribution in [0.25, 0.3) is 0 Å². The van der Waals surface area contributed by atoms with Gasteiger partial charge in [-0.05, 0) is 13.3 Å². The van der Waals surface area contributed by atoms with Crippen molar-refractivity contribution in [2.24, 2.45) is 0 Å². The molecule has 2 N–H and O–H groups in total. The Hall–Kier alpha value is -0.160. The van der Waals surface area contributed by atoms with Crippen LogP contribution in [-0.2, 0) is 9.47 Å². The van der Waals surface area contributed by atoms with E-state index in [1.54, 1.807) is 6.92 Å². The SMILES string of the molecule is CC[C@@H](O)C[C@@H](O)[C@@H](C)OCOC. The molecule has 0 saturated carbocycles. The molecule has 80 valence electrons. The van der Waals surface area contributed by atoms with E-state index in [9.17, 15) is 10.2 Å². The second kappa shape index (κ2) is 7.26. The van der Waals surface area contributed by atoms with Crippen LogP contribution in [0.3, 0.4) is 0 Å². The van der Waals surface area contributed by atoms with Gasteiger partial charge in [-0.1, -0.05) is 6.92 Å². The Kier molecular flexibility index (Phi) is 7.17. The molecule has 0 aromatic carbocycles. The maximum atomic E-state index is 9.51. The molecule has 0 rings (SSSR count). The van der Waals surface area contributed by atoms with Gasteiger partial charge in [0.05, 0.1) is 18.3 Å². The van der Waals surface area contributed by atoms with Crippen LogP contribution in [0, 0.1) is 0 Å². The van der Waals surface area contributed by atoms with Crippen molar-refractivity contribution in [3.05, 3.63) is 0 Å². The Labute approximate surface area is 79.5 Å². The first-order valence-electron chi connectivity index (χ1n) is 4.58. The summed E-state index contributed by atoms with van der Waals surface area (Å²) in [4.78, 5) is 0. The Morgan fingerprint density at radius 2 is 1.92 bits per heavy atom. The van der Waals surface area contributed by atoms with Gasteiger partial charge in [0.2, 0.25) is 0 Å². The third-order valence-corrected chi connectivity index (χ3v) is 1.98. The largest absolute Gasteiger partial charge is 0.393 e. The van der Waals surface area contributed by atoms with E-state index in [0.29, 0.717) is 12.8 Å². The molecular formula is C9H20O4. The first-order chi connectivity index (χ1) is 6.11. The van der Waals surface area contributed by atoms with E-state index in [0.717, 1.165) is 0 Å². The van der Waals surface area contributed by atoms with Crippen molar-refractivity contribution in [2.45, 2.75) is 45.0 Å². The van der Waals surface area contributed by atoms with E-state index >= 15 is 0 Å². The second-order valence-corrected chi connectivity index (χ2v) is 3.14. The van der Waals surface area contributed by atoms with Gasteiger partial charge in [0, 0.05) is 13.5 Å². The minimum Gasteiger partial charge on any atom is -0.393 e. The maximum Gasteiger partial charge on any atom is 0.146 e. The van der Waals surface area contributed by atoms with Crippen LogP contribution in [0.4, 0.5) is 0 Å². The topological polar surface area (TPSA) is 58.9 Å². The summed E-state index contributed by atoms with van der Waals surface area (Å²) >= 11 is 0. The standard InChI is InChI=1S/C9H20O4/c1-4-8(10)5-9(11)7(2)13-6-12-3/h7-11H,4-6H2,1-3H3/t7-,8-,9-/m1/s1. The number of hydrogen-bond donors (Lipinski definition) is 2. The highest BCUT2D eigenvalue weighted by Crippen LogP contribution is 2.08. The van der Waals surface area contributed by atoms with Crippen LogP contribution in [0.5, 0.6) is 0 Å². The van der Waals surface area contributed by atoms with Crippen molar-refractivity contribution in [3.63, 3.8) is 0 Å². The smallest absolute Gasteiger partial charge is 0.146 e. The van der Waals surface area contributed by atoms with Crippen LogP contribution in [0.1, 0.15) is 26.7 Å². The zero-order valence-corrected chi connectivity index (χ0v) is 8.56. The van der Waals surface area contributed by atoms with E-state index in [1.165, 1.54) is 7.11 Å². The van der Waals surface area contributed by atoms with E-state index in [4.69, 9.17) is 9.47 Å². The van der Waals surface area contributed by atoms with Crippen molar-refractivity contribution in [3.8, 4) is 0 Å². The van der Waals surface area contributed by atoms with Gasteiger partial charge in [-0.2, -0.15) is 0 Å². The summed E-state index contributed by atoms with van der Waals surface area (Å²) in [6.45, 7) is 3.80. The lowest BCUT2D eigenvalue weighted by Gasteiger charge is -2.20. The van der Waals surface area contributed by atoms with E-state index in [-0.39, 0.29) is 12.9 Å². The molecule has 0 radical (unpaired) electrons. The van der Waals surface area contributed by atoms with E-state index in [2.05, 4.69) is 0 Å². The van der Waals surface area contributed by atoms with Gasteiger partial charge in [0.25, 0.3) is 0 Å². The Morgan fingerprint density at radius 1 is 1.31 bits per heavy atom. The van der Waals surface area contributed by atoms with Crippen molar-refractivity contribution in [1.82, 2.24) is 0 Å². The highest BCUT2D eigenvalue weighted by molar-refractivity contribution is 4.67. The highest BCUT2D eigenvalue weighted by Gasteiger charge is 2.17. The minimum absolute atomic E-state index is 0.167. The monoisotopic (exact) mass is 192 g/mol. The summed E-state index contributed by atoms with van der Waals surface area (Å²) in [5, 5.41) is 18.8. The fraction of sp³-hybridized carbons (Fsp3) is 1.00. The first kappa shape index (κ1) is 12.8. The van der Waals surface area contributed by atoms with Gasteiger partial charge in [-0.15, -0.1) is 0 Å². The third kappa shape index (κ3) is 5.99. The summed E-state index contributed by atoms with van der Waals surface area (Å²) in [6, 6.07) is 0. The van der Waals surface area contributed by atoms with Crippen molar-refractivity contribution < 1.29 is 19.7 Å². The zero-order valence-electron chi connectivity index (χ0n) is 8.56. The predicted octanol–water partition coefficient (Wildman–Crippen LogP) is 0.517. The van der Waals surface area contributed by atoms with Gasteiger partial charge < -0.3 is 19.7 Å². The Bertz CT molecular complexity index is 118. The summed E-state index contributed by atoms with van der Waals surface area (Å²) in [7, 11) is 1.53. The van der Waals surface area contributed by atoms with Crippen LogP contribution >= 0.6 is 0 Å². The molecule has 0 aromatic heterocycles. The average molecular weight is 192 g/mol. The van der Waals surface area contributed by atoms with Gasteiger partial charge in [-0.25, -0.2) is 0 Å². The molecule has 0 aromatic rings. The van der Waals surface area contributed by atoms with E-state index in [1.807, 2.05) is 6.92 Å². The number of rotatable bonds is 7. The molecule has 0 heterocycles. The van der Waals surface area contributed by atoms with Crippen molar-refractivity contribution in [2.75, 3.05) is 13.9 Å². The van der Waals surface area contributed by atoms with E-state index < -0.39 is 12.2 Å². The second-order valence-electron chi connectivity index (χ2n) is 3.14. The third-order valence-electron chi connectivity index (χ3n) is 1.98. The molecular weight excluding hydrogens is 172 g/mol. The summed E-state index contributed by atoms with van der Waals surface area (Å²) < 4.78 is 9.81. The lowest BCUT2D eigenvalue weighted by molar-refractivity contribution is -0.112. The highest BCUT2D eigenvalue weighted by atomic mass is 16.7. The number of aliphatic hydroxyl groups excluding tert-OH is 2.